The number of pyridine rings is 1. The molecule has 0 spiro atoms. The van der Waals surface area contributed by atoms with E-state index in [9.17, 15) is 9.59 Å². The molecule has 1 aromatic carbocycles. The molecule has 0 saturated carbocycles. The van der Waals surface area contributed by atoms with Crippen LogP contribution >= 0.6 is 0 Å². The zero-order chi connectivity index (χ0) is 16.6. The van der Waals surface area contributed by atoms with Gasteiger partial charge in [0, 0.05) is 11.6 Å². The summed E-state index contributed by atoms with van der Waals surface area (Å²) in [5.41, 5.74) is 3.46. The number of ether oxygens (including phenoxy) is 1. The van der Waals surface area contributed by atoms with E-state index >= 15 is 0 Å². The third kappa shape index (κ3) is 2.54. The quantitative estimate of drug-likeness (QED) is 0.729. The highest BCUT2D eigenvalue weighted by Crippen LogP contribution is 2.24. The fourth-order valence-corrected chi connectivity index (χ4v) is 2.89. The van der Waals surface area contributed by atoms with Crippen LogP contribution in [-0.4, -0.2) is 22.5 Å². The largest absolute Gasteiger partial charge is 0.462 e. The van der Waals surface area contributed by atoms with Crippen LogP contribution in [0.1, 0.15) is 28.4 Å². The predicted octanol–water partition coefficient (Wildman–Crippen LogP) is 3.32. The maximum absolute atomic E-state index is 13.0. The first-order valence-electron chi connectivity index (χ1n) is 7.51. The molecule has 0 aliphatic rings. The molecular weight excluding hydrogens is 292 g/mol. The molecule has 118 valence electrons. The van der Waals surface area contributed by atoms with Gasteiger partial charge in [0.15, 0.2) is 0 Å². The molecule has 0 unspecified atom stereocenters. The fraction of sp³-hybridized carbons (Fsp3) is 0.222. The van der Waals surface area contributed by atoms with Gasteiger partial charge in [0.2, 0.25) is 5.43 Å². The average molecular weight is 310 g/mol. The van der Waals surface area contributed by atoms with Crippen LogP contribution < -0.4 is 5.43 Å². The third-order valence-corrected chi connectivity index (χ3v) is 3.79. The molecule has 2 N–H and O–H groups in total. The van der Waals surface area contributed by atoms with E-state index in [0.29, 0.717) is 22.3 Å². The number of esters is 1. The van der Waals surface area contributed by atoms with Crippen molar-refractivity contribution in [2.75, 3.05) is 6.61 Å². The van der Waals surface area contributed by atoms with Crippen LogP contribution in [0.15, 0.2) is 35.3 Å². The lowest BCUT2D eigenvalue weighted by Crippen LogP contribution is -2.21. The van der Waals surface area contributed by atoms with Gasteiger partial charge in [-0.3, -0.25) is 4.79 Å². The molecule has 0 radical (unpaired) electrons. The number of carbonyl (C=O) groups is 1. The van der Waals surface area contributed by atoms with Gasteiger partial charge in [-0.15, -0.1) is 0 Å². The zero-order valence-electron chi connectivity index (χ0n) is 13.3. The standard InChI is InChI=1S/C18H18N2O3/c1-4-23-18(22)15-16(12-6-5-7-19-12)20-13-9-10(2)8-11(3)14(13)17(15)21/h5-9,19H,4H2,1-3H3,(H,20,21). The lowest BCUT2D eigenvalue weighted by molar-refractivity contribution is 0.0525. The van der Waals surface area contributed by atoms with Crippen molar-refractivity contribution >= 4 is 16.9 Å². The minimum atomic E-state index is -0.611. The van der Waals surface area contributed by atoms with Crippen molar-refractivity contribution in [1.29, 1.82) is 0 Å². The zero-order valence-corrected chi connectivity index (χ0v) is 13.3. The molecule has 5 nitrogen and oxygen atoms in total. The van der Waals surface area contributed by atoms with Crippen molar-refractivity contribution < 1.29 is 9.53 Å². The predicted molar refractivity (Wildman–Crippen MR) is 89.8 cm³/mol. The highest BCUT2D eigenvalue weighted by Gasteiger charge is 2.22. The molecule has 0 saturated heterocycles. The second kappa shape index (κ2) is 5.76. The fourth-order valence-electron chi connectivity index (χ4n) is 2.89. The Labute approximate surface area is 133 Å². The van der Waals surface area contributed by atoms with Crippen molar-refractivity contribution in [3.05, 3.63) is 57.4 Å². The Kier molecular flexibility index (Phi) is 3.78. The summed E-state index contributed by atoms with van der Waals surface area (Å²) < 4.78 is 5.09. The normalized spacial score (nSPS) is 10.9. The number of H-pyrrole nitrogens is 2. The van der Waals surface area contributed by atoms with E-state index in [2.05, 4.69) is 9.97 Å². The van der Waals surface area contributed by atoms with Gasteiger partial charge in [0.25, 0.3) is 0 Å². The number of aromatic amines is 2. The van der Waals surface area contributed by atoms with Crippen LogP contribution in [0.4, 0.5) is 0 Å². The molecule has 2 heterocycles. The number of nitrogens with one attached hydrogen (secondary N) is 2. The number of hydrogen-bond donors (Lipinski definition) is 2. The van der Waals surface area contributed by atoms with Crippen LogP contribution in [0, 0.1) is 13.8 Å². The Morgan fingerprint density at radius 1 is 1.26 bits per heavy atom. The number of fused-ring (bicyclic) bond motifs is 1. The van der Waals surface area contributed by atoms with Crippen LogP contribution in [0.25, 0.3) is 22.3 Å². The smallest absolute Gasteiger partial charge is 0.344 e. The second-order valence-electron chi connectivity index (χ2n) is 5.51. The third-order valence-electron chi connectivity index (χ3n) is 3.79. The monoisotopic (exact) mass is 310 g/mol. The number of hydrogen-bond acceptors (Lipinski definition) is 3. The van der Waals surface area contributed by atoms with E-state index in [-0.39, 0.29) is 17.6 Å². The van der Waals surface area contributed by atoms with Gasteiger partial charge in [-0.05, 0) is 50.1 Å². The van der Waals surface area contributed by atoms with E-state index in [1.165, 1.54) is 0 Å². The van der Waals surface area contributed by atoms with Gasteiger partial charge >= 0.3 is 5.97 Å². The Bertz CT molecular complexity index is 937. The van der Waals surface area contributed by atoms with Crippen molar-refractivity contribution in [2.45, 2.75) is 20.8 Å². The highest BCUT2D eigenvalue weighted by atomic mass is 16.5. The van der Waals surface area contributed by atoms with E-state index in [0.717, 1.165) is 11.1 Å². The highest BCUT2D eigenvalue weighted by molar-refractivity contribution is 6.00. The summed E-state index contributed by atoms with van der Waals surface area (Å²) in [6.07, 6.45) is 1.74. The van der Waals surface area contributed by atoms with Crippen molar-refractivity contribution in [3.63, 3.8) is 0 Å². The van der Waals surface area contributed by atoms with Crippen molar-refractivity contribution in [3.8, 4) is 11.4 Å². The van der Waals surface area contributed by atoms with Crippen molar-refractivity contribution in [2.24, 2.45) is 0 Å². The number of carbonyl (C=O) groups excluding carboxylic acids is 1. The summed E-state index contributed by atoms with van der Waals surface area (Å²) in [5.74, 6) is -0.611. The van der Waals surface area contributed by atoms with Gasteiger partial charge < -0.3 is 14.7 Å². The Morgan fingerprint density at radius 3 is 2.70 bits per heavy atom. The summed E-state index contributed by atoms with van der Waals surface area (Å²) >= 11 is 0. The molecule has 0 aliphatic heterocycles. The SMILES string of the molecule is CCOC(=O)c1c(-c2ccc[nH]2)[nH]c2cc(C)cc(C)c2c1=O. The van der Waals surface area contributed by atoms with Crippen molar-refractivity contribution in [1.82, 2.24) is 9.97 Å². The number of aryl methyl sites for hydroxylation is 2. The molecule has 2 aromatic heterocycles. The topological polar surface area (TPSA) is 75.0 Å². The first-order valence-corrected chi connectivity index (χ1v) is 7.51. The molecule has 0 aliphatic carbocycles. The Hall–Kier alpha value is -2.82. The minimum Gasteiger partial charge on any atom is -0.462 e. The van der Waals surface area contributed by atoms with E-state index in [1.54, 1.807) is 13.1 Å². The molecule has 3 aromatic rings. The molecule has 0 fully saturated rings. The Balaban J connectivity index is 2.42. The lowest BCUT2D eigenvalue weighted by Gasteiger charge is -2.12. The van der Waals surface area contributed by atoms with E-state index in [4.69, 9.17) is 4.74 Å². The van der Waals surface area contributed by atoms with Crippen LogP contribution in [0.3, 0.4) is 0 Å². The minimum absolute atomic E-state index is 0.0359. The number of rotatable bonds is 3. The molecule has 23 heavy (non-hydrogen) atoms. The second-order valence-corrected chi connectivity index (χ2v) is 5.51. The van der Waals surface area contributed by atoms with Gasteiger partial charge in [-0.2, -0.15) is 0 Å². The number of aromatic nitrogens is 2. The summed E-state index contributed by atoms with van der Waals surface area (Å²) in [5, 5.41) is 0.522. The average Bonchev–Trinajstić information content (AvgIpc) is 3.00. The molecule has 5 heteroatoms. The van der Waals surface area contributed by atoms with Gasteiger partial charge in [-0.1, -0.05) is 6.07 Å². The van der Waals surface area contributed by atoms with E-state index < -0.39 is 5.97 Å². The first kappa shape index (κ1) is 15.1. The molecule has 3 rings (SSSR count). The lowest BCUT2D eigenvalue weighted by atomic mass is 10.0. The number of benzene rings is 1. The summed E-state index contributed by atoms with van der Waals surface area (Å²) in [6, 6.07) is 7.46. The summed E-state index contributed by atoms with van der Waals surface area (Å²) in [4.78, 5) is 31.6. The summed E-state index contributed by atoms with van der Waals surface area (Å²) in [6.45, 7) is 5.77. The van der Waals surface area contributed by atoms with Crippen LogP contribution in [0.2, 0.25) is 0 Å². The molecule has 0 atom stereocenters. The molecular formula is C18H18N2O3. The maximum atomic E-state index is 13.0. The first-order chi connectivity index (χ1) is 11.0. The van der Waals surface area contributed by atoms with E-state index in [1.807, 2.05) is 38.1 Å². The van der Waals surface area contributed by atoms with Gasteiger partial charge in [-0.25, -0.2) is 4.79 Å². The molecule has 0 bridgehead atoms. The van der Waals surface area contributed by atoms with Crippen LogP contribution in [-0.2, 0) is 4.74 Å². The molecule has 0 amide bonds. The Morgan fingerprint density at radius 2 is 2.04 bits per heavy atom. The maximum Gasteiger partial charge on any atom is 0.344 e. The van der Waals surface area contributed by atoms with Crippen LogP contribution in [0.5, 0.6) is 0 Å². The summed E-state index contributed by atoms with van der Waals surface area (Å²) in [7, 11) is 0. The van der Waals surface area contributed by atoms with Gasteiger partial charge in [0.05, 0.1) is 23.5 Å². The van der Waals surface area contributed by atoms with Gasteiger partial charge in [0.1, 0.15) is 5.56 Å².